The fourth-order valence-electron chi connectivity index (χ4n) is 1.61. The summed E-state index contributed by atoms with van der Waals surface area (Å²) in [6.07, 6.45) is 0. The van der Waals surface area contributed by atoms with Gasteiger partial charge in [-0.25, -0.2) is 4.39 Å². The summed E-state index contributed by atoms with van der Waals surface area (Å²) in [6.45, 7) is 2.15. The quantitative estimate of drug-likeness (QED) is 0.832. The predicted molar refractivity (Wildman–Crippen MR) is 56.3 cm³/mol. The highest BCUT2D eigenvalue weighted by Crippen LogP contribution is 2.29. The molecule has 0 amide bonds. The van der Waals surface area contributed by atoms with Gasteiger partial charge in [0.25, 0.3) is 0 Å². The van der Waals surface area contributed by atoms with Crippen LogP contribution in [-0.4, -0.2) is 14.2 Å². The van der Waals surface area contributed by atoms with Gasteiger partial charge in [-0.2, -0.15) is 0 Å². The van der Waals surface area contributed by atoms with Gasteiger partial charge in [0.1, 0.15) is 11.6 Å². The van der Waals surface area contributed by atoms with Gasteiger partial charge in [-0.3, -0.25) is 0 Å². The van der Waals surface area contributed by atoms with Crippen LogP contribution in [0.5, 0.6) is 5.75 Å². The Morgan fingerprint density at radius 2 is 2.07 bits per heavy atom. The number of rotatable bonds is 4. The smallest absolute Gasteiger partial charge is 0.127 e. The van der Waals surface area contributed by atoms with Gasteiger partial charge in [0, 0.05) is 24.8 Å². The molecule has 1 aromatic carbocycles. The van der Waals surface area contributed by atoms with Gasteiger partial charge in [0.2, 0.25) is 0 Å². The zero-order valence-corrected chi connectivity index (χ0v) is 9.21. The zero-order chi connectivity index (χ0) is 11.4. The first-order chi connectivity index (χ1) is 7.10. The Morgan fingerprint density at radius 1 is 1.40 bits per heavy atom. The molecule has 0 aliphatic carbocycles. The van der Waals surface area contributed by atoms with E-state index < -0.39 is 0 Å². The lowest BCUT2D eigenvalue weighted by atomic mass is 10.0. The summed E-state index contributed by atoms with van der Waals surface area (Å²) in [6, 6.07) is 2.54. The Morgan fingerprint density at radius 3 is 2.53 bits per heavy atom. The van der Waals surface area contributed by atoms with Gasteiger partial charge in [-0.15, -0.1) is 0 Å². The fraction of sp³-hybridized carbons (Fsp3) is 0.455. The van der Waals surface area contributed by atoms with Gasteiger partial charge < -0.3 is 15.2 Å². The van der Waals surface area contributed by atoms with E-state index in [2.05, 4.69) is 0 Å². The van der Waals surface area contributed by atoms with Crippen molar-refractivity contribution in [1.82, 2.24) is 0 Å². The molecule has 1 atom stereocenters. The molecule has 1 unspecified atom stereocenters. The molecule has 3 nitrogen and oxygen atoms in total. The summed E-state index contributed by atoms with van der Waals surface area (Å²) >= 11 is 0. The number of halogens is 1. The third-order valence-corrected chi connectivity index (χ3v) is 2.17. The highest BCUT2D eigenvalue weighted by atomic mass is 19.1. The third kappa shape index (κ3) is 2.67. The van der Waals surface area contributed by atoms with E-state index in [0.717, 1.165) is 11.1 Å². The lowest BCUT2D eigenvalue weighted by molar-refractivity contribution is 0.183. The van der Waals surface area contributed by atoms with Crippen molar-refractivity contribution in [2.45, 2.75) is 19.6 Å². The predicted octanol–water partition coefficient (Wildman–Crippen LogP) is 2.00. The Bertz CT molecular complexity index is 340. The van der Waals surface area contributed by atoms with E-state index in [4.69, 9.17) is 15.2 Å². The van der Waals surface area contributed by atoms with Crippen LogP contribution < -0.4 is 10.5 Å². The molecule has 15 heavy (non-hydrogen) atoms. The van der Waals surface area contributed by atoms with Crippen LogP contribution >= 0.6 is 0 Å². The normalized spacial score (nSPS) is 12.6. The van der Waals surface area contributed by atoms with Crippen LogP contribution in [0.25, 0.3) is 0 Å². The minimum atomic E-state index is -0.344. The van der Waals surface area contributed by atoms with E-state index in [-0.39, 0.29) is 11.9 Å². The molecule has 0 bridgehead atoms. The van der Waals surface area contributed by atoms with E-state index in [0.29, 0.717) is 12.4 Å². The molecule has 1 rings (SSSR count). The minimum absolute atomic E-state index is 0.217. The van der Waals surface area contributed by atoms with Crippen molar-refractivity contribution < 1.29 is 13.9 Å². The van der Waals surface area contributed by atoms with E-state index in [1.807, 2.05) is 6.92 Å². The lowest BCUT2D eigenvalue weighted by Gasteiger charge is -2.16. The van der Waals surface area contributed by atoms with Gasteiger partial charge in [-0.1, -0.05) is 0 Å². The summed E-state index contributed by atoms with van der Waals surface area (Å²) in [7, 11) is 3.06. The standard InChI is InChI=1S/C11H16FNO2/c1-7(13)11-8(6-14-2)4-9(12)5-10(11)15-3/h4-5,7H,6,13H2,1-3H3. The van der Waals surface area contributed by atoms with Crippen LogP contribution in [0.4, 0.5) is 4.39 Å². The van der Waals surface area contributed by atoms with E-state index in [1.165, 1.54) is 19.2 Å². The highest BCUT2D eigenvalue weighted by Gasteiger charge is 2.15. The summed E-state index contributed by atoms with van der Waals surface area (Å²) in [5.74, 6) is 0.125. The number of methoxy groups -OCH3 is 2. The number of nitrogens with two attached hydrogens (primary N) is 1. The largest absolute Gasteiger partial charge is 0.496 e. The zero-order valence-electron chi connectivity index (χ0n) is 9.21. The van der Waals surface area contributed by atoms with Crippen LogP contribution in [0.1, 0.15) is 24.1 Å². The Balaban J connectivity index is 3.26. The highest BCUT2D eigenvalue weighted by molar-refractivity contribution is 5.42. The third-order valence-electron chi connectivity index (χ3n) is 2.17. The number of hydrogen-bond donors (Lipinski definition) is 1. The average molecular weight is 213 g/mol. The van der Waals surface area contributed by atoms with Gasteiger partial charge in [-0.05, 0) is 18.6 Å². The Hall–Kier alpha value is -1.13. The van der Waals surface area contributed by atoms with Crippen molar-refractivity contribution in [1.29, 1.82) is 0 Å². The van der Waals surface area contributed by atoms with E-state index >= 15 is 0 Å². The molecular formula is C11H16FNO2. The number of benzene rings is 1. The molecule has 0 spiro atoms. The average Bonchev–Trinajstić information content (AvgIpc) is 2.16. The Kier molecular flexibility index (Phi) is 4.05. The van der Waals surface area contributed by atoms with Crippen LogP contribution in [0.15, 0.2) is 12.1 Å². The van der Waals surface area contributed by atoms with Crippen LogP contribution in [0.2, 0.25) is 0 Å². The fourth-order valence-corrected chi connectivity index (χ4v) is 1.61. The first kappa shape index (κ1) is 11.9. The molecule has 84 valence electrons. The molecule has 4 heteroatoms. The van der Waals surface area contributed by atoms with Crippen molar-refractivity contribution in [2.24, 2.45) is 5.73 Å². The molecule has 1 aromatic rings. The molecule has 0 heterocycles. The van der Waals surface area contributed by atoms with Crippen molar-refractivity contribution in [3.8, 4) is 5.75 Å². The minimum Gasteiger partial charge on any atom is -0.496 e. The molecule has 0 saturated heterocycles. The summed E-state index contributed by atoms with van der Waals surface area (Å²) < 4.78 is 23.3. The second-order valence-electron chi connectivity index (χ2n) is 3.40. The van der Waals surface area contributed by atoms with E-state index in [9.17, 15) is 4.39 Å². The maximum atomic E-state index is 13.2. The molecule has 0 radical (unpaired) electrons. The van der Waals surface area contributed by atoms with E-state index in [1.54, 1.807) is 7.11 Å². The van der Waals surface area contributed by atoms with Crippen molar-refractivity contribution in [2.75, 3.05) is 14.2 Å². The van der Waals surface area contributed by atoms with Gasteiger partial charge in [0.15, 0.2) is 0 Å². The topological polar surface area (TPSA) is 44.5 Å². The summed E-state index contributed by atoms with van der Waals surface area (Å²) in [4.78, 5) is 0. The second-order valence-corrected chi connectivity index (χ2v) is 3.40. The molecule has 0 aromatic heterocycles. The van der Waals surface area contributed by atoms with Crippen molar-refractivity contribution in [3.63, 3.8) is 0 Å². The molecule has 0 fully saturated rings. The maximum absolute atomic E-state index is 13.2. The van der Waals surface area contributed by atoms with Crippen molar-refractivity contribution in [3.05, 3.63) is 29.1 Å². The Labute approximate surface area is 89.0 Å². The number of hydrogen-bond acceptors (Lipinski definition) is 3. The van der Waals surface area contributed by atoms with Crippen molar-refractivity contribution >= 4 is 0 Å². The molecular weight excluding hydrogens is 197 g/mol. The lowest BCUT2D eigenvalue weighted by Crippen LogP contribution is -2.11. The van der Waals surface area contributed by atoms with Crippen LogP contribution in [0.3, 0.4) is 0 Å². The monoisotopic (exact) mass is 213 g/mol. The SMILES string of the molecule is COCc1cc(F)cc(OC)c1C(C)N. The molecule has 0 saturated carbocycles. The van der Waals surface area contributed by atoms with Crippen LogP contribution in [0, 0.1) is 5.82 Å². The van der Waals surface area contributed by atoms with Gasteiger partial charge in [0.05, 0.1) is 13.7 Å². The molecule has 0 aliphatic rings. The summed E-state index contributed by atoms with van der Waals surface area (Å²) in [5, 5.41) is 0. The molecule has 0 aliphatic heterocycles. The first-order valence-electron chi connectivity index (χ1n) is 4.71. The van der Waals surface area contributed by atoms with Gasteiger partial charge >= 0.3 is 0 Å². The number of ether oxygens (including phenoxy) is 2. The van der Waals surface area contributed by atoms with Crippen LogP contribution in [-0.2, 0) is 11.3 Å². The molecule has 2 N–H and O–H groups in total. The first-order valence-corrected chi connectivity index (χ1v) is 4.71. The maximum Gasteiger partial charge on any atom is 0.127 e. The second kappa shape index (κ2) is 5.09. The summed E-state index contributed by atoms with van der Waals surface area (Å²) in [5.41, 5.74) is 7.33.